The number of anilines is 2. The number of nitrogen functional groups attached to an aromatic ring is 1. The van der Waals surface area contributed by atoms with Crippen LogP contribution in [0, 0.1) is 0 Å². The number of nitrogens with two attached hydrogens (primary N) is 2. The Labute approximate surface area is 131 Å². The quantitative estimate of drug-likeness (QED) is 0.760. The summed E-state index contributed by atoms with van der Waals surface area (Å²) in [6, 6.07) is 2.44. The number of halogens is 2. The second kappa shape index (κ2) is 8.46. The zero-order valence-electron chi connectivity index (χ0n) is 11.7. The molecule has 8 heteroatoms. The largest absolute Gasteiger partial charge is 0.383 e. The minimum Gasteiger partial charge on any atom is -0.383 e. The monoisotopic (exact) mass is 323 g/mol. The van der Waals surface area contributed by atoms with Crippen molar-refractivity contribution < 1.29 is 4.74 Å². The van der Waals surface area contributed by atoms with Crippen LogP contribution in [0.5, 0.6) is 0 Å². The molecule has 0 bridgehead atoms. The summed E-state index contributed by atoms with van der Waals surface area (Å²) in [6.07, 6.45) is 1.95. The molecule has 116 valence electrons. The Morgan fingerprint density at radius 3 is 2.60 bits per heavy atom. The highest BCUT2D eigenvalue weighted by Crippen LogP contribution is 2.35. The van der Waals surface area contributed by atoms with Crippen LogP contribution in [0.15, 0.2) is 6.07 Å². The number of hydrogen-bond donors (Lipinski definition) is 3. The van der Waals surface area contributed by atoms with Crippen molar-refractivity contribution in [1.29, 1.82) is 0 Å². The van der Waals surface area contributed by atoms with Gasteiger partial charge in [-0.3, -0.25) is 0 Å². The van der Waals surface area contributed by atoms with Gasteiger partial charge < -0.3 is 21.5 Å². The minimum atomic E-state index is 0. The molecule has 0 amide bonds. The van der Waals surface area contributed by atoms with Gasteiger partial charge in [0.15, 0.2) is 0 Å². The SMILES string of the molecule is COC[C@H](C)Nc1cc(C2CC(N)C2)nc(N)n1.Cl.Cl. The van der Waals surface area contributed by atoms with E-state index >= 15 is 0 Å². The number of aromatic nitrogens is 2. The Balaban J connectivity index is 0.00000180. The summed E-state index contributed by atoms with van der Waals surface area (Å²) in [5.41, 5.74) is 12.5. The van der Waals surface area contributed by atoms with E-state index in [1.165, 1.54) is 0 Å². The van der Waals surface area contributed by atoms with Gasteiger partial charge in [-0.1, -0.05) is 0 Å². The van der Waals surface area contributed by atoms with Crippen LogP contribution in [0.2, 0.25) is 0 Å². The van der Waals surface area contributed by atoms with Gasteiger partial charge in [0.25, 0.3) is 0 Å². The van der Waals surface area contributed by atoms with Gasteiger partial charge in [0.2, 0.25) is 5.95 Å². The standard InChI is InChI=1S/C12H21N5O.2ClH/c1-7(6-18-2)15-11-5-10(16-12(14)17-11)8-3-9(13)4-8;;/h5,7-9H,3-4,6,13H2,1-2H3,(H3,14,15,16,17);2*1H/t7-,8?,9?;;/m0../s1. The topological polar surface area (TPSA) is 99.1 Å². The van der Waals surface area contributed by atoms with Crippen LogP contribution in [0.1, 0.15) is 31.4 Å². The smallest absolute Gasteiger partial charge is 0.222 e. The predicted molar refractivity (Wildman–Crippen MR) is 85.9 cm³/mol. The second-order valence-electron chi connectivity index (χ2n) is 4.97. The van der Waals surface area contributed by atoms with Crippen LogP contribution in [-0.4, -0.2) is 35.8 Å². The molecule has 20 heavy (non-hydrogen) atoms. The summed E-state index contributed by atoms with van der Waals surface area (Å²) in [4.78, 5) is 8.47. The summed E-state index contributed by atoms with van der Waals surface area (Å²) in [6.45, 7) is 2.65. The Morgan fingerprint density at radius 2 is 2.05 bits per heavy atom. The molecular weight excluding hydrogens is 301 g/mol. The predicted octanol–water partition coefficient (Wildman–Crippen LogP) is 1.55. The van der Waals surface area contributed by atoms with E-state index in [4.69, 9.17) is 16.2 Å². The number of rotatable bonds is 5. The Kier molecular flexibility index (Phi) is 8.12. The molecule has 0 unspecified atom stereocenters. The van der Waals surface area contributed by atoms with E-state index in [-0.39, 0.29) is 30.9 Å². The maximum atomic E-state index is 5.80. The van der Waals surface area contributed by atoms with Crippen LogP contribution >= 0.6 is 24.8 Å². The zero-order valence-corrected chi connectivity index (χ0v) is 13.3. The van der Waals surface area contributed by atoms with Crippen LogP contribution in [0.4, 0.5) is 11.8 Å². The van der Waals surface area contributed by atoms with Gasteiger partial charge in [-0.05, 0) is 19.8 Å². The molecule has 5 N–H and O–H groups in total. The molecule has 0 aromatic carbocycles. The third-order valence-corrected chi connectivity index (χ3v) is 3.17. The molecule has 0 aliphatic heterocycles. The molecule has 0 radical (unpaired) electrons. The highest BCUT2D eigenvalue weighted by atomic mass is 35.5. The van der Waals surface area contributed by atoms with Crippen molar-refractivity contribution in [2.24, 2.45) is 5.73 Å². The van der Waals surface area contributed by atoms with Gasteiger partial charge in [0.1, 0.15) is 5.82 Å². The Bertz CT molecular complexity index is 415. The summed E-state index contributed by atoms with van der Waals surface area (Å²) < 4.78 is 5.08. The van der Waals surface area contributed by atoms with Gasteiger partial charge in [0, 0.05) is 31.2 Å². The lowest BCUT2D eigenvalue weighted by Crippen LogP contribution is -2.35. The van der Waals surface area contributed by atoms with Crippen LogP contribution in [0.25, 0.3) is 0 Å². The lowest BCUT2D eigenvalue weighted by molar-refractivity contribution is 0.190. The maximum absolute atomic E-state index is 5.80. The second-order valence-corrected chi connectivity index (χ2v) is 4.97. The fraction of sp³-hybridized carbons (Fsp3) is 0.667. The van der Waals surface area contributed by atoms with Crippen LogP contribution in [-0.2, 0) is 4.74 Å². The molecule has 1 saturated carbocycles. The fourth-order valence-corrected chi connectivity index (χ4v) is 2.22. The molecule has 1 atom stereocenters. The summed E-state index contributed by atoms with van der Waals surface area (Å²) in [5, 5.41) is 3.25. The summed E-state index contributed by atoms with van der Waals surface area (Å²) in [7, 11) is 1.67. The number of nitrogens with one attached hydrogen (secondary N) is 1. The van der Waals surface area contributed by atoms with Crippen molar-refractivity contribution in [3.63, 3.8) is 0 Å². The van der Waals surface area contributed by atoms with Gasteiger partial charge >= 0.3 is 0 Å². The first-order chi connectivity index (χ1) is 8.58. The molecule has 6 nitrogen and oxygen atoms in total. The molecule has 1 aliphatic rings. The van der Waals surface area contributed by atoms with E-state index < -0.39 is 0 Å². The first kappa shape index (κ1) is 19.2. The Hall–Kier alpha value is -0.820. The van der Waals surface area contributed by atoms with Crippen molar-refractivity contribution in [1.82, 2.24) is 9.97 Å². The average Bonchev–Trinajstić information content (AvgIpc) is 2.24. The lowest BCUT2D eigenvalue weighted by atomic mass is 9.78. The highest BCUT2D eigenvalue weighted by Gasteiger charge is 2.29. The van der Waals surface area contributed by atoms with Crippen molar-refractivity contribution in [2.75, 3.05) is 24.8 Å². The molecular formula is C12H23Cl2N5O. The van der Waals surface area contributed by atoms with Crippen LogP contribution < -0.4 is 16.8 Å². The first-order valence-electron chi connectivity index (χ1n) is 6.24. The lowest BCUT2D eigenvalue weighted by Gasteiger charge is -2.32. The minimum absolute atomic E-state index is 0. The van der Waals surface area contributed by atoms with Crippen molar-refractivity contribution in [2.45, 2.75) is 37.8 Å². The molecule has 1 fully saturated rings. The third kappa shape index (κ3) is 4.94. The van der Waals surface area contributed by atoms with Crippen molar-refractivity contribution >= 4 is 36.6 Å². The molecule has 1 aromatic rings. The van der Waals surface area contributed by atoms with E-state index in [1.54, 1.807) is 7.11 Å². The normalized spacial score (nSPS) is 21.9. The average molecular weight is 324 g/mol. The fourth-order valence-electron chi connectivity index (χ4n) is 2.22. The maximum Gasteiger partial charge on any atom is 0.222 e. The first-order valence-corrected chi connectivity index (χ1v) is 6.24. The molecule has 0 spiro atoms. The van der Waals surface area contributed by atoms with E-state index in [0.29, 0.717) is 24.5 Å². The Morgan fingerprint density at radius 1 is 1.40 bits per heavy atom. The van der Waals surface area contributed by atoms with Gasteiger partial charge in [-0.15, -0.1) is 24.8 Å². The highest BCUT2D eigenvalue weighted by molar-refractivity contribution is 5.85. The van der Waals surface area contributed by atoms with Gasteiger partial charge in [-0.25, -0.2) is 4.98 Å². The van der Waals surface area contributed by atoms with E-state index in [0.717, 1.165) is 24.4 Å². The van der Waals surface area contributed by atoms with E-state index in [9.17, 15) is 0 Å². The third-order valence-electron chi connectivity index (χ3n) is 3.17. The number of nitrogens with zero attached hydrogens (tertiary/aromatic N) is 2. The van der Waals surface area contributed by atoms with E-state index in [2.05, 4.69) is 15.3 Å². The molecule has 2 rings (SSSR count). The van der Waals surface area contributed by atoms with Crippen molar-refractivity contribution in [3.05, 3.63) is 11.8 Å². The summed E-state index contributed by atoms with van der Waals surface area (Å²) >= 11 is 0. The number of hydrogen-bond acceptors (Lipinski definition) is 6. The molecule has 1 aromatic heterocycles. The number of methoxy groups -OCH3 is 1. The molecule has 0 saturated heterocycles. The van der Waals surface area contributed by atoms with Gasteiger partial charge in [0.05, 0.1) is 12.3 Å². The summed E-state index contributed by atoms with van der Waals surface area (Å²) in [5.74, 6) is 1.48. The van der Waals surface area contributed by atoms with E-state index in [1.807, 2.05) is 13.0 Å². The molecule has 1 aliphatic carbocycles. The zero-order chi connectivity index (χ0) is 13.1. The molecule has 1 heterocycles. The van der Waals surface area contributed by atoms with Crippen LogP contribution in [0.3, 0.4) is 0 Å². The van der Waals surface area contributed by atoms with Gasteiger partial charge in [-0.2, -0.15) is 4.98 Å². The van der Waals surface area contributed by atoms with Crippen molar-refractivity contribution in [3.8, 4) is 0 Å². The number of ether oxygens (including phenoxy) is 1.